The normalized spacial score (nSPS) is 17.8. The van der Waals surface area contributed by atoms with Gasteiger partial charge in [0.25, 0.3) is 0 Å². The molecule has 1 saturated heterocycles. The summed E-state index contributed by atoms with van der Waals surface area (Å²) in [4.78, 5) is 15.5. The number of Topliss-reactive ketones (excluding diaryl/α,β-unsaturated/α-hetero) is 1. The Hall–Kier alpha value is -3.09. The van der Waals surface area contributed by atoms with Crippen LogP contribution < -0.4 is 14.4 Å². The van der Waals surface area contributed by atoms with Crippen molar-refractivity contribution in [3.63, 3.8) is 0 Å². The third-order valence-corrected chi connectivity index (χ3v) is 7.95. The fourth-order valence-electron chi connectivity index (χ4n) is 5.23. The minimum absolute atomic E-state index is 0.0638. The lowest BCUT2D eigenvalue weighted by molar-refractivity contribution is -0.923. The lowest BCUT2D eigenvalue weighted by atomic mass is 10.1. The number of nitrogens with zero attached hydrogens (tertiary/aromatic N) is 2. The van der Waals surface area contributed by atoms with Crippen LogP contribution >= 0.6 is 15.9 Å². The first-order valence-electron chi connectivity index (χ1n) is 12.3. The number of hydrogen-bond donors (Lipinski definition) is 0. The van der Waals surface area contributed by atoms with E-state index in [0.29, 0.717) is 23.5 Å². The minimum atomic E-state index is 0.0638. The molecule has 0 atom stereocenters. The predicted molar refractivity (Wildman–Crippen MR) is 148 cm³/mol. The van der Waals surface area contributed by atoms with Gasteiger partial charge >= 0.3 is 0 Å². The predicted octanol–water partition coefficient (Wildman–Crippen LogP) is 5.76. The maximum absolute atomic E-state index is 13.0. The zero-order chi connectivity index (χ0) is 25.3. The van der Waals surface area contributed by atoms with E-state index >= 15 is 0 Å². The van der Waals surface area contributed by atoms with Crippen molar-refractivity contribution in [1.82, 2.24) is 0 Å². The number of piperazine rings is 1. The molecule has 0 radical (unpaired) electrons. The number of methoxy groups -OCH3 is 2. The van der Waals surface area contributed by atoms with Crippen LogP contribution in [0.5, 0.6) is 11.5 Å². The first-order valence-corrected chi connectivity index (χ1v) is 13.1. The monoisotopic (exact) mass is 547 g/mol. The largest absolute Gasteiger partial charge is 0.493 e. The van der Waals surface area contributed by atoms with Gasteiger partial charge < -0.3 is 18.9 Å². The third kappa shape index (κ3) is 5.06. The van der Waals surface area contributed by atoms with Crippen LogP contribution in [0, 0.1) is 0 Å². The summed E-state index contributed by atoms with van der Waals surface area (Å²) >= 11 is 3.53. The van der Waals surface area contributed by atoms with Crippen molar-refractivity contribution in [2.75, 3.05) is 52.3 Å². The number of carbonyl (C=O) groups is 1. The van der Waals surface area contributed by atoms with Crippen LogP contribution in [-0.2, 0) is 13.0 Å². The van der Waals surface area contributed by atoms with E-state index in [2.05, 4.69) is 76.4 Å². The third-order valence-electron chi connectivity index (χ3n) is 7.42. The second-order valence-electron chi connectivity index (χ2n) is 9.97. The highest BCUT2D eigenvalue weighted by Crippen LogP contribution is 2.37. The summed E-state index contributed by atoms with van der Waals surface area (Å²) in [6, 6.07) is 21.0. The van der Waals surface area contributed by atoms with Gasteiger partial charge in [-0.05, 0) is 53.6 Å². The number of hydrogen-bond acceptors (Lipinski definition) is 4. The summed E-state index contributed by atoms with van der Waals surface area (Å²) in [6.07, 6.45) is 2.62. The molecule has 0 N–H and O–H groups in total. The van der Waals surface area contributed by atoms with Crippen molar-refractivity contribution in [3.05, 3.63) is 93.0 Å². The quantitative estimate of drug-likeness (QED) is 0.290. The Kier molecular flexibility index (Phi) is 6.91. The Morgan fingerprint density at radius 1 is 0.944 bits per heavy atom. The number of quaternary nitrogens is 1. The van der Waals surface area contributed by atoms with Crippen LogP contribution in [0.25, 0.3) is 6.08 Å². The summed E-state index contributed by atoms with van der Waals surface area (Å²) < 4.78 is 13.0. The Balaban J connectivity index is 1.24. The molecule has 0 amide bonds. The van der Waals surface area contributed by atoms with Gasteiger partial charge in [-0.2, -0.15) is 0 Å². The number of ketones is 1. The van der Waals surface area contributed by atoms with E-state index in [-0.39, 0.29) is 5.78 Å². The van der Waals surface area contributed by atoms with Crippen LogP contribution in [0.15, 0.2) is 70.7 Å². The molecule has 1 heterocycles. The molecule has 3 aromatic rings. The SMILES string of the molecule is COc1cc2c(cc1OC)C(=O)C(=Cc1ccc(N3CC[N+](C)(Cc4ccc(Br)cc4)CC3)cc1)C2. The lowest BCUT2D eigenvalue weighted by Crippen LogP contribution is -2.56. The zero-order valence-electron chi connectivity index (χ0n) is 21.1. The number of halogens is 1. The van der Waals surface area contributed by atoms with Crippen molar-refractivity contribution in [3.8, 4) is 11.5 Å². The first-order chi connectivity index (χ1) is 17.4. The van der Waals surface area contributed by atoms with Gasteiger partial charge in [-0.25, -0.2) is 0 Å². The molecule has 6 heteroatoms. The molecule has 5 rings (SSSR count). The summed E-state index contributed by atoms with van der Waals surface area (Å²) in [7, 11) is 5.56. The number of allylic oxidation sites excluding steroid dienone is 1. The second kappa shape index (κ2) is 10.1. The van der Waals surface area contributed by atoms with E-state index in [4.69, 9.17) is 9.47 Å². The molecule has 5 nitrogen and oxygen atoms in total. The molecule has 1 fully saturated rings. The molecule has 3 aromatic carbocycles. The molecule has 0 saturated carbocycles. The molecule has 1 aliphatic heterocycles. The van der Waals surface area contributed by atoms with Gasteiger partial charge in [0.05, 0.1) is 47.4 Å². The number of fused-ring (bicyclic) bond motifs is 1. The highest BCUT2D eigenvalue weighted by atomic mass is 79.9. The molecular formula is C30H32BrN2O3+. The van der Waals surface area contributed by atoms with E-state index < -0.39 is 0 Å². The Morgan fingerprint density at radius 3 is 2.22 bits per heavy atom. The van der Waals surface area contributed by atoms with E-state index in [1.165, 1.54) is 11.3 Å². The standard InChI is InChI=1S/C30H32BrN2O3/c1-33(20-22-4-8-25(31)9-5-22)14-12-32(13-15-33)26-10-6-21(7-11-26)16-24-17-23-18-28(35-2)29(36-3)19-27(23)30(24)34/h4-11,16,18-19H,12-15,17,20H2,1-3H3/q+1. The maximum atomic E-state index is 13.0. The van der Waals surface area contributed by atoms with Crippen LogP contribution in [0.2, 0.25) is 0 Å². The highest BCUT2D eigenvalue weighted by Gasteiger charge is 2.29. The Morgan fingerprint density at radius 2 is 1.58 bits per heavy atom. The molecule has 36 heavy (non-hydrogen) atoms. The van der Waals surface area contributed by atoms with Gasteiger partial charge in [0.15, 0.2) is 17.3 Å². The summed E-state index contributed by atoms with van der Waals surface area (Å²) in [6.45, 7) is 5.35. The topological polar surface area (TPSA) is 38.8 Å². The molecule has 0 unspecified atom stereocenters. The maximum Gasteiger partial charge on any atom is 0.189 e. The zero-order valence-corrected chi connectivity index (χ0v) is 22.7. The van der Waals surface area contributed by atoms with Gasteiger partial charge in [0, 0.05) is 33.3 Å². The molecule has 0 spiro atoms. The smallest absolute Gasteiger partial charge is 0.189 e. The molecular weight excluding hydrogens is 516 g/mol. The van der Waals surface area contributed by atoms with Gasteiger partial charge in [0.2, 0.25) is 0 Å². The highest BCUT2D eigenvalue weighted by molar-refractivity contribution is 9.10. The summed E-state index contributed by atoms with van der Waals surface area (Å²) in [5.41, 5.74) is 6.15. The van der Waals surface area contributed by atoms with Crippen molar-refractivity contribution in [2.45, 2.75) is 13.0 Å². The van der Waals surface area contributed by atoms with Crippen molar-refractivity contribution < 1.29 is 18.8 Å². The van der Waals surface area contributed by atoms with E-state index in [0.717, 1.165) is 58.4 Å². The lowest BCUT2D eigenvalue weighted by Gasteiger charge is -2.43. The number of likely N-dealkylation sites (N-methyl/N-ethyl adjacent to an activating group) is 1. The Labute approximate surface area is 221 Å². The van der Waals surface area contributed by atoms with Crippen LogP contribution in [0.1, 0.15) is 27.0 Å². The van der Waals surface area contributed by atoms with E-state index in [1.807, 2.05) is 12.1 Å². The van der Waals surface area contributed by atoms with Gasteiger partial charge in [0.1, 0.15) is 6.54 Å². The van der Waals surface area contributed by atoms with Crippen molar-refractivity contribution in [1.29, 1.82) is 0 Å². The Bertz CT molecular complexity index is 1290. The minimum Gasteiger partial charge on any atom is -0.493 e. The average Bonchev–Trinajstić information content (AvgIpc) is 3.19. The first kappa shape index (κ1) is 24.6. The number of rotatable bonds is 6. The number of ether oxygens (including phenoxy) is 2. The molecule has 186 valence electrons. The van der Waals surface area contributed by atoms with Crippen molar-refractivity contribution >= 4 is 33.5 Å². The molecule has 1 aliphatic carbocycles. The fraction of sp³-hybridized carbons (Fsp3) is 0.300. The van der Waals surface area contributed by atoms with Crippen LogP contribution in [0.4, 0.5) is 5.69 Å². The molecule has 0 bridgehead atoms. The molecule has 2 aliphatic rings. The van der Waals surface area contributed by atoms with Crippen LogP contribution in [0.3, 0.4) is 0 Å². The van der Waals surface area contributed by atoms with E-state index in [1.54, 1.807) is 20.3 Å². The second-order valence-corrected chi connectivity index (χ2v) is 10.9. The number of anilines is 1. The van der Waals surface area contributed by atoms with Gasteiger partial charge in [-0.3, -0.25) is 4.79 Å². The van der Waals surface area contributed by atoms with Crippen LogP contribution in [-0.4, -0.2) is 57.7 Å². The van der Waals surface area contributed by atoms with Gasteiger partial charge in [-0.1, -0.05) is 40.2 Å². The summed E-state index contributed by atoms with van der Waals surface area (Å²) in [5, 5.41) is 0. The van der Waals surface area contributed by atoms with Crippen molar-refractivity contribution in [2.24, 2.45) is 0 Å². The van der Waals surface area contributed by atoms with E-state index in [9.17, 15) is 4.79 Å². The van der Waals surface area contributed by atoms with Gasteiger partial charge in [-0.15, -0.1) is 0 Å². The fourth-order valence-corrected chi connectivity index (χ4v) is 5.50. The summed E-state index contributed by atoms with van der Waals surface area (Å²) in [5.74, 6) is 1.31. The number of carbonyl (C=O) groups excluding carboxylic acids is 1. The molecule has 0 aromatic heterocycles. The average molecular weight is 549 g/mol. The number of benzene rings is 3.